The lowest BCUT2D eigenvalue weighted by Gasteiger charge is -2.21. The van der Waals surface area contributed by atoms with Crippen molar-refractivity contribution < 1.29 is 4.52 Å². The quantitative estimate of drug-likeness (QED) is 0.517. The van der Waals surface area contributed by atoms with Gasteiger partial charge in [-0.05, 0) is 44.0 Å². The van der Waals surface area contributed by atoms with Gasteiger partial charge < -0.3 is 9.09 Å². The fourth-order valence-electron chi connectivity index (χ4n) is 3.52. The topological polar surface area (TPSA) is 69.6 Å². The average molecular weight is 404 g/mol. The molecule has 0 spiro atoms. The second kappa shape index (κ2) is 8.44. The molecule has 2 aromatic heterocycles. The molecule has 1 saturated carbocycles. The zero-order valence-electron chi connectivity index (χ0n) is 15.3. The molecule has 0 N–H and O–H groups in total. The lowest BCUT2D eigenvalue weighted by Crippen LogP contribution is -2.12. The van der Waals surface area contributed by atoms with Crippen molar-refractivity contribution in [3.8, 4) is 11.4 Å². The van der Waals surface area contributed by atoms with E-state index in [9.17, 15) is 0 Å². The van der Waals surface area contributed by atoms with Crippen LogP contribution >= 0.6 is 23.4 Å². The van der Waals surface area contributed by atoms with Crippen LogP contribution < -0.4 is 0 Å². The minimum atomic E-state index is 0.542. The average Bonchev–Trinajstić information content (AvgIpc) is 3.34. The molecule has 27 heavy (non-hydrogen) atoms. The maximum Gasteiger partial charge on any atom is 0.237 e. The fraction of sp³-hybridized carbons (Fsp3) is 0.474. The largest absolute Gasteiger partial charge is 0.338 e. The third-order valence-corrected chi connectivity index (χ3v) is 6.13. The van der Waals surface area contributed by atoms with Crippen molar-refractivity contribution in [2.75, 3.05) is 0 Å². The van der Waals surface area contributed by atoms with Crippen molar-refractivity contribution >= 4 is 23.4 Å². The SMILES string of the molecule is CCn1c(SCc2nc(-c3ccc(Cl)cc3)no2)nnc1C1CCCCC1. The number of rotatable bonds is 6. The third-order valence-electron chi connectivity index (χ3n) is 4.93. The van der Waals surface area contributed by atoms with Crippen molar-refractivity contribution in [2.24, 2.45) is 0 Å². The van der Waals surface area contributed by atoms with E-state index < -0.39 is 0 Å². The second-order valence-corrected chi connectivity index (χ2v) is 8.11. The summed E-state index contributed by atoms with van der Waals surface area (Å²) in [6.45, 7) is 3.02. The van der Waals surface area contributed by atoms with Gasteiger partial charge in [0.25, 0.3) is 0 Å². The van der Waals surface area contributed by atoms with Gasteiger partial charge in [0.05, 0.1) is 5.75 Å². The van der Waals surface area contributed by atoms with E-state index in [2.05, 4.69) is 31.8 Å². The summed E-state index contributed by atoms with van der Waals surface area (Å²) in [5.74, 6) is 3.40. The molecular formula is C19H22ClN5OS. The first-order valence-electron chi connectivity index (χ1n) is 9.39. The van der Waals surface area contributed by atoms with Crippen LogP contribution in [0.15, 0.2) is 33.9 Å². The van der Waals surface area contributed by atoms with Gasteiger partial charge in [0.1, 0.15) is 5.82 Å². The van der Waals surface area contributed by atoms with Crippen LogP contribution in [-0.4, -0.2) is 24.9 Å². The molecule has 0 aliphatic heterocycles. The number of halogens is 1. The predicted molar refractivity (Wildman–Crippen MR) is 106 cm³/mol. The number of aromatic nitrogens is 5. The van der Waals surface area contributed by atoms with Crippen LogP contribution in [0.4, 0.5) is 0 Å². The molecule has 1 aliphatic carbocycles. The van der Waals surface area contributed by atoms with Gasteiger partial charge in [-0.2, -0.15) is 4.98 Å². The highest BCUT2D eigenvalue weighted by atomic mass is 35.5. The van der Waals surface area contributed by atoms with Gasteiger partial charge in [-0.1, -0.05) is 47.8 Å². The normalized spacial score (nSPS) is 15.3. The molecule has 3 aromatic rings. The summed E-state index contributed by atoms with van der Waals surface area (Å²) in [6, 6.07) is 7.40. The molecule has 1 fully saturated rings. The number of hydrogen-bond acceptors (Lipinski definition) is 6. The van der Waals surface area contributed by atoms with Crippen LogP contribution in [0, 0.1) is 0 Å². The molecule has 6 nitrogen and oxygen atoms in total. The minimum Gasteiger partial charge on any atom is -0.338 e. The lowest BCUT2D eigenvalue weighted by atomic mass is 9.89. The summed E-state index contributed by atoms with van der Waals surface area (Å²) in [6.07, 6.45) is 6.36. The van der Waals surface area contributed by atoms with Crippen LogP contribution in [0.3, 0.4) is 0 Å². The number of hydrogen-bond donors (Lipinski definition) is 0. The minimum absolute atomic E-state index is 0.542. The van der Waals surface area contributed by atoms with E-state index in [1.165, 1.54) is 32.1 Å². The van der Waals surface area contributed by atoms with Crippen LogP contribution in [0.5, 0.6) is 0 Å². The Bertz CT molecular complexity index is 886. The van der Waals surface area contributed by atoms with E-state index in [0.717, 1.165) is 23.1 Å². The van der Waals surface area contributed by atoms with Gasteiger partial charge in [-0.15, -0.1) is 10.2 Å². The Balaban J connectivity index is 1.44. The highest BCUT2D eigenvalue weighted by Crippen LogP contribution is 2.33. The number of benzene rings is 1. The monoisotopic (exact) mass is 403 g/mol. The Kier molecular flexibility index (Phi) is 5.78. The van der Waals surface area contributed by atoms with Gasteiger partial charge in [-0.25, -0.2) is 0 Å². The van der Waals surface area contributed by atoms with Crippen molar-refractivity contribution in [1.82, 2.24) is 24.9 Å². The van der Waals surface area contributed by atoms with Gasteiger partial charge in [0.2, 0.25) is 11.7 Å². The molecule has 0 atom stereocenters. The molecule has 0 saturated heterocycles. The van der Waals surface area contributed by atoms with E-state index in [0.29, 0.717) is 28.4 Å². The third kappa shape index (κ3) is 4.19. The van der Waals surface area contributed by atoms with Crippen molar-refractivity contribution in [2.45, 2.75) is 62.4 Å². The van der Waals surface area contributed by atoms with E-state index in [1.807, 2.05) is 24.3 Å². The highest BCUT2D eigenvalue weighted by Gasteiger charge is 2.23. The first-order chi connectivity index (χ1) is 13.2. The van der Waals surface area contributed by atoms with Crippen molar-refractivity contribution in [3.63, 3.8) is 0 Å². The standard InChI is InChI=1S/C19H22ClN5OS/c1-2-25-18(14-6-4-3-5-7-14)22-23-19(25)27-12-16-21-17(24-26-16)13-8-10-15(20)11-9-13/h8-11,14H,2-7,12H2,1H3. The summed E-state index contributed by atoms with van der Waals surface area (Å²) < 4.78 is 7.63. The van der Waals surface area contributed by atoms with E-state index in [1.54, 1.807) is 11.8 Å². The Hall–Kier alpha value is -1.86. The second-order valence-electron chi connectivity index (χ2n) is 6.73. The summed E-state index contributed by atoms with van der Waals surface area (Å²) in [5, 5.41) is 14.6. The van der Waals surface area contributed by atoms with E-state index in [-0.39, 0.29) is 0 Å². The summed E-state index contributed by atoms with van der Waals surface area (Å²) in [4.78, 5) is 4.48. The zero-order chi connectivity index (χ0) is 18.6. The van der Waals surface area contributed by atoms with Crippen molar-refractivity contribution in [3.05, 3.63) is 41.0 Å². The fourth-order valence-corrected chi connectivity index (χ4v) is 4.50. The molecular weight excluding hydrogens is 382 g/mol. The first-order valence-corrected chi connectivity index (χ1v) is 10.8. The molecule has 8 heteroatoms. The van der Waals surface area contributed by atoms with Crippen LogP contribution in [0.2, 0.25) is 5.02 Å². The summed E-state index contributed by atoms with van der Waals surface area (Å²) in [7, 11) is 0. The molecule has 142 valence electrons. The van der Waals surface area contributed by atoms with E-state index in [4.69, 9.17) is 16.1 Å². The number of nitrogens with zero attached hydrogens (tertiary/aromatic N) is 5. The smallest absolute Gasteiger partial charge is 0.237 e. The summed E-state index contributed by atoms with van der Waals surface area (Å²) in [5.41, 5.74) is 0.885. The molecule has 2 heterocycles. The predicted octanol–water partition coefficient (Wildman–Crippen LogP) is 5.34. The molecule has 0 amide bonds. The molecule has 0 radical (unpaired) electrons. The van der Waals surface area contributed by atoms with Gasteiger partial charge in [-0.3, -0.25) is 0 Å². The van der Waals surface area contributed by atoms with Gasteiger partial charge >= 0.3 is 0 Å². The van der Waals surface area contributed by atoms with Crippen LogP contribution in [0.1, 0.15) is 56.7 Å². The van der Waals surface area contributed by atoms with Crippen LogP contribution in [-0.2, 0) is 12.3 Å². The molecule has 0 bridgehead atoms. The Morgan fingerprint density at radius 2 is 1.93 bits per heavy atom. The van der Waals surface area contributed by atoms with Gasteiger partial charge in [0.15, 0.2) is 5.16 Å². The first kappa shape index (κ1) is 18.5. The molecule has 1 aromatic carbocycles. The van der Waals surface area contributed by atoms with Crippen molar-refractivity contribution in [1.29, 1.82) is 0 Å². The molecule has 1 aliphatic rings. The maximum atomic E-state index is 5.93. The Morgan fingerprint density at radius 3 is 2.67 bits per heavy atom. The molecule has 0 unspecified atom stereocenters. The van der Waals surface area contributed by atoms with Gasteiger partial charge in [0, 0.05) is 23.0 Å². The highest BCUT2D eigenvalue weighted by molar-refractivity contribution is 7.98. The zero-order valence-corrected chi connectivity index (χ0v) is 16.8. The molecule has 4 rings (SSSR count). The maximum absolute atomic E-state index is 5.93. The Morgan fingerprint density at radius 1 is 1.15 bits per heavy atom. The summed E-state index contributed by atoms with van der Waals surface area (Å²) >= 11 is 7.52. The lowest BCUT2D eigenvalue weighted by molar-refractivity contribution is 0.391. The van der Waals surface area contributed by atoms with Crippen LogP contribution in [0.25, 0.3) is 11.4 Å². The van der Waals surface area contributed by atoms with E-state index >= 15 is 0 Å². The number of thioether (sulfide) groups is 1. The Labute approximate surface area is 167 Å².